The summed E-state index contributed by atoms with van der Waals surface area (Å²) in [5, 5.41) is 7.39. The van der Waals surface area contributed by atoms with Crippen LogP contribution in [0.15, 0.2) is 77.7 Å². The van der Waals surface area contributed by atoms with Crippen LogP contribution < -0.4 is 10.6 Å². The van der Waals surface area contributed by atoms with Crippen LogP contribution in [-0.2, 0) is 19.6 Å². The number of rotatable bonds is 10. The lowest BCUT2D eigenvalue weighted by atomic mass is 9.96. The highest BCUT2D eigenvalue weighted by atomic mass is 32.2. The zero-order valence-corrected chi connectivity index (χ0v) is 22.9. The molecule has 1 aliphatic heterocycles. The molecular formula is C30H34N4O4S. The van der Waals surface area contributed by atoms with E-state index in [1.165, 1.54) is 32.8 Å². The van der Waals surface area contributed by atoms with Crippen LogP contribution in [0.4, 0.5) is 0 Å². The summed E-state index contributed by atoms with van der Waals surface area (Å²) in [7, 11) is -3.94. The highest BCUT2D eigenvalue weighted by molar-refractivity contribution is 7.89. The van der Waals surface area contributed by atoms with Crippen LogP contribution in [-0.4, -0.2) is 68.2 Å². The molecule has 0 bridgehead atoms. The van der Waals surface area contributed by atoms with E-state index in [0.717, 1.165) is 0 Å². The Hall–Kier alpha value is -3.71. The Labute approximate surface area is 230 Å². The number of amides is 2. The number of benzene rings is 3. The third-order valence-corrected chi connectivity index (χ3v) is 9.12. The predicted octanol–water partition coefficient (Wildman–Crippen LogP) is 2.92. The van der Waals surface area contributed by atoms with Crippen molar-refractivity contribution >= 4 is 32.6 Å². The number of hydrogen-bond donors (Lipinski definition) is 2. The maximum atomic E-state index is 13.7. The number of piperidine rings is 1. The molecule has 0 aromatic heterocycles. The number of likely N-dealkylation sites (tertiary alicyclic amines) is 1. The molecule has 1 fully saturated rings. The van der Waals surface area contributed by atoms with Crippen molar-refractivity contribution in [3.63, 3.8) is 0 Å². The molecule has 4 rings (SSSR count). The minimum absolute atomic E-state index is 0.0546. The molecule has 0 radical (unpaired) electrons. The molecule has 1 saturated heterocycles. The van der Waals surface area contributed by atoms with E-state index >= 15 is 0 Å². The molecule has 2 N–H and O–H groups in total. The highest BCUT2D eigenvalue weighted by Gasteiger charge is 2.36. The van der Waals surface area contributed by atoms with Gasteiger partial charge in [-0.25, -0.2) is 8.42 Å². The quantitative estimate of drug-likeness (QED) is 0.381. The van der Waals surface area contributed by atoms with Gasteiger partial charge in [-0.2, -0.15) is 4.31 Å². The minimum atomic E-state index is -3.94. The fraction of sp³-hybridized carbons (Fsp3) is 0.333. The number of terminal acetylenes is 1. The monoisotopic (exact) mass is 546 g/mol. The Morgan fingerprint density at radius 2 is 1.64 bits per heavy atom. The largest absolute Gasteiger partial charge is 0.346 e. The average Bonchev–Trinajstić information content (AvgIpc) is 2.97. The Morgan fingerprint density at radius 1 is 0.974 bits per heavy atom. The summed E-state index contributed by atoms with van der Waals surface area (Å²) >= 11 is 0. The van der Waals surface area contributed by atoms with E-state index in [9.17, 15) is 18.0 Å². The number of fused-ring (bicyclic) bond motifs is 1. The first-order valence-corrected chi connectivity index (χ1v) is 14.5. The van der Waals surface area contributed by atoms with Gasteiger partial charge in [-0.1, -0.05) is 66.6 Å². The van der Waals surface area contributed by atoms with Crippen LogP contribution >= 0.6 is 0 Å². The van der Waals surface area contributed by atoms with E-state index in [0.29, 0.717) is 25.9 Å². The van der Waals surface area contributed by atoms with E-state index < -0.39 is 21.8 Å². The topological polar surface area (TPSA) is 98.8 Å². The minimum Gasteiger partial charge on any atom is -0.346 e. The van der Waals surface area contributed by atoms with E-state index in [1.807, 2.05) is 12.1 Å². The van der Waals surface area contributed by atoms with Crippen LogP contribution in [0.2, 0.25) is 0 Å². The SMILES string of the molecule is C#CCNC(=O)CNC(=O)CN(C1CCN(C(C)c2cccc3ccccc23)CC1)S(=O)(=O)c1ccccc1. The fourth-order valence-corrected chi connectivity index (χ4v) is 6.76. The van der Waals surface area contributed by atoms with Gasteiger partial charge in [-0.05, 0) is 48.2 Å². The zero-order chi connectivity index (χ0) is 27.8. The van der Waals surface area contributed by atoms with Crippen LogP contribution in [0.1, 0.15) is 31.4 Å². The lowest BCUT2D eigenvalue weighted by Crippen LogP contribution is -2.51. The van der Waals surface area contributed by atoms with Gasteiger partial charge in [0.1, 0.15) is 0 Å². The molecule has 3 aromatic rings. The molecule has 3 aromatic carbocycles. The van der Waals surface area contributed by atoms with Crippen molar-refractivity contribution in [3.8, 4) is 12.3 Å². The van der Waals surface area contributed by atoms with Gasteiger partial charge in [0, 0.05) is 25.2 Å². The molecule has 39 heavy (non-hydrogen) atoms. The summed E-state index contributed by atoms with van der Waals surface area (Å²) in [5.74, 6) is 1.31. The molecule has 1 unspecified atom stereocenters. The van der Waals surface area contributed by atoms with Crippen LogP contribution in [0.5, 0.6) is 0 Å². The van der Waals surface area contributed by atoms with Crippen LogP contribution in [0, 0.1) is 12.3 Å². The second-order valence-corrected chi connectivity index (χ2v) is 11.5. The van der Waals surface area contributed by atoms with Gasteiger partial charge in [-0.15, -0.1) is 6.42 Å². The molecule has 2 amide bonds. The molecule has 1 aliphatic rings. The molecule has 0 aliphatic carbocycles. The molecule has 0 saturated carbocycles. The van der Waals surface area contributed by atoms with Gasteiger partial charge in [0.25, 0.3) is 0 Å². The second-order valence-electron chi connectivity index (χ2n) is 9.63. The number of carbonyl (C=O) groups excluding carboxylic acids is 2. The first-order chi connectivity index (χ1) is 18.8. The molecule has 8 nitrogen and oxygen atoms in total. The summed E-state index contributed by atoms with van der Waals surface area (Å²) in [4.78, 5) is 27.1. The lowest BCUT2D eigenvalue weighted by molar-refractivity contribution is -0.126. The lowest BCUT2D eigenvalue weighted by Gasteiger charge is -2.40. The molecule has 0 spiro atoms. The van der Waals surface area contributed by atoms with Crippen molar-refractivity contribution in [2.75, 3.05) is 32.7 Å². The molecule has 1 atom stereocenters. The summed E-state index contributed by atoms with van der Waals surface area (Å²) in [6.07, 6.45) is 6.30. The summed E-state index contributed by atoms with van der Waals surface area (Å²) in [6, 6.07) is 22.6. The average molecular weight is 547 g/mol. The Kier molecular flexibility index (Phi) is 9.36. The van der Waals surface area contributed by atoms with Crippen molar-refractivity contribution in [2.24, 2.45) is 0 Å². The number of carbonyl (C=O) groups is 2. The standard InChI is InChI=1S/C30H34N4O4S/c1-3-18-31-29(35)21-32-30(36)22-34(39(37,38)26-12-5-4-6-13-26)25-16-19-33(20-17-25)23(2)27-15-9-11-24-10-7-8-14-28(24)27/h1,4-15,23,25H,16-22H2,2H3,(H,31,35)(H,32,36). The zero-order valence-electron chi connectivity index (χ0n) is 22.0. The van der Waals surface area contributed by atoms with Gasteiger partial charge < -0.3 is 10.6 Å². The normalized spacial score (nSPS) is 15.5. The Bertz CT molecular complexity index is 1440. The van der Waals surface area contributed by atoms with Crippen molar-refractivity contribution in [2.45, 2.75) is 36.7 Å². The number of sulfonamides is 1. The van der Waals surface area contributed by atoms with Gasteiger partial charge >= 0.3 is 0 Å². The van der Waals surface area contributed by atoms with Crippen molar-refractivity contribution in [1.29, 1.82) is 0 Å². The molecule has 204 valence electrons. The van der Waals surface area contributed by atoms with Gasteiger partial charge in [-0.3, -0.25) is 14.5 Å². The number of hydrogen-bond acceptors (Lipinski definition) is 5. The molecule has 9 heteroatoms. The third kappa shape index (κ3) is 6.84. The van der Waals surface area contributed by atoms with Crippen LogP contribution in [0.25, 0.3) is 10.8 Å². The molecule has 1 heterocycles. The maximum absolute atomic E-state index is 13.7. The van der Waals surface area contributed by atoms with Crippen molar-refractivity contribution in [1.82, 2.24) is 19.8 Å². The Balaban J connectivity index is 1.48. The van der Waals surface area contributed by atoms with E-state index in [2.05, 4.69) is 58.7 Å². The van der Waals surface area contributed by atoms with Gasteiger partial charge in [0.15, 0.2) is 0 Å². The Morgan fingerprint density at radius 3 is 2.36 bits per heavy atom. The van der Waals surface area contributed by atoms with Crippen molar-refractivity contribution < 1.29 is 18.0 Å². The van der Waals surface area contributed by atoms with Crippen molar-refractivity contribution in [3.05, 3.63) is 78.4 Å². The van der Waals surface area contributed by atoms with Crippen LogP contribution in [0.3, 0.4) is 0 Å². The summed E-state index contributed by atoms with van der Waals surface area (Å²) in [6.45, 7) is 2.96. The van der Waals surface area contributed by atoms with E-state index in [4.69, 9.17) is 6.42 Å². The smallest absolute Gasteiger partial charge is 0.243 e. The van der Waals surface area contributed by atoms with Gasteiger partial charge in [0.2, 0.25) is 21.8 Å². The number of nitrogens with zero attached hydrogens (tertiary/aromatic N) is 2. The first-order valence-electron chi connectivity index (χ1n) is 13.1. The number of nitrogens with one attached hydrogen (secondary N) is 2. The third-order valence-electron chi connectivity index (χ3n) is 7.21. The first kappa shape index (κ1) is 28.3. The van der Waals surface area contributed by atoms with E-state index in [-0.39, 0.29) is 36.6 Å². The summed E-state index contributed by atoms with van der Waals surface area (Å²) in [5.41, 5.74) is 1.24. The maximum Gasteiger partial charge on any atom is 0.243 e. The van der Waals surface area contributed by atoms with E-state index in [1.54, 1.807) is 18.2 Å². The molecular weight excluding hydrogens is 512 g/mol. The highest BCUT2D eigenvalue weighted by Crippen LogP contribution is 2.32. The predicted molar refractivity (Wildman–Crippen MR) is 152 cm³/mol. The fourth-order valence-electron chi connectivity index (χ4n) is 5.10. The second kappa shape index (κ2) is 12.9. The van der Waals surface area contributed by atoms with Gasteiger partial charge in [0.05, 0.1) is 24.5 Å². The summed E-state index contributed by atoms with van der Waals surface area (Å²) < 4.78 is 28.6.